The molecule has 0 unspecified atom stereocenters. The van der Waals surface area contributed by atoms with Crippen LogP contribution >= 0.6 is 11.8 Å². The summed E-state index contributed by atoms with van der Waals surface area (Å²) >= 11 is 1.18. The molecule has 2 heterocycles. The standard InChI is InChI=1S/C23H21F5N4O3S2/c1-12(23(26,27)28)31-37(33,34)14-6-7-17(30-11-14)21-16(10-29)15-8-20(36-2)19(35-22(24)25)9-18(15)32(21)13-4-3-5-13/h6-9,11-13,22,31H,3-5H2,1-2H3/t12-/m0/s1. The summed E-state index contributed by atoms with van der Waals surface area (Å²) in [6, 6.07) is 5.25. The molecule has 1 aromatic carbocycles. The van der Waals surface area contributed by atoms with Crippen LogP contribution in [0.3, 0.4) is 0 Å². The lowest BCUT2D eigenvalue weighted by Gasteiger charge is -2.30. The zero-order valence-electron chi connectivity index (χ0n) is 19.5. The molecule has 0 saturated heterocycles. The van der Waals surface area contributed by atoms with Crippen molar-refractivity contribution in [2.75, 3.05) is 6.26 Å². The molecule has 0 radical (unpaired) electrons. The van der Waals surface area contributed by atoms with E-state index in [1.54, 1.807) is 17.0 Å². The molecule has 0 aliphatic heterocycles. The van der Waals surface area contributed by atoms with E-state index in [9.17, 15) is 35.6 Å². The van der Waals surface area contributed by atoms with Crippen molar-refractivity contribution >= 4 is 32.7 Å². The summed E-state index contributed by atoms with van der Waals surface area (Å²) in [4.78, 5) is 4.10. The summed E-state index contributed by atoms with van der Waals surface area (Å²) < 4.78 is 97.6. The second-order valence-electron chi connectivity index (χ2n) is 8.45. The molecule has 0 spiro atoms. The van der Waals surface area contributed by atoms with Crippen LogP contribution in [0.5, 0.6) is 5.75 Å². The van der Waals surface area contributed by atoms with Crippen LogP contribution < -0.4 is 9.46 Å². The number of nitriles is 1. The van der Waals surface area contributed by atoms with Crippen LogP contribution in [0.25, 0.3) is 22.3 Å². The van der Waals surface area contributed by atoms with Gasteiger partial charge in [-0.25, -0.2) is 8.42 Å². The molecule has 3 aromatic rings. The van der Waals surface area contributed by atoms with Gasteiger partial charge < -0.3 is 9.30 Å². The van der Waals surface area contributed by atoms with Crippen molar-refractivity contribution in [2.45, 2.75) is 60.8 Å². The Kier molecular flexibility index (Phi) is 7.42. The van der Waals surface area contributed by atoms with E-state index in [4.69, 9.17) is 4.74 Å². The van der Waals surface area contributed by atoms with Crippen LogP contribution in [0.2, 0.25) is 0 Å². The van der Waals surface area contributed by atoms with Crippen LogP contribution in [0.15, 0.2) is 40.3 Å². The van der Waals surface area contributed by atoms with E-state index in [2.05, 4.69) is 11.1 Å². The molecule has 1 saturated carbocycles. The van der Waals surface area contributed by atoms with Crippen molar-refractivity contribution in [1.29, 1.82) is 5.26 Å². The molecule has 1 aliphatic carbocycles. The van der Waals surface area contributed by atoms with E-state index in [1.807, 2.05) is 4.57 Å². The van der Waals surface area contributed by atoms with Crippen molar-refractivity contribution in [3.05, 3.63) is 36.0 Å². The third-order valence-electron chi connectivity index (χ3n) is 6.17. The molecule has 1 atom stereocenters. The maximum atomic E-state index is 13.1. The first-order valence-electron chi connectivity index (χ1n) is 11.0. The number of nitrogens with one attached hydrogen (secondary N) is 1. The van der Waals surface area contributed by atoms with Crippen LogP contribution in [-0.2, 0) is 10.0 Å². The number of hydrogen-bond donors (Lipinski definition) is 1. The fourth-order valence-corrected chi connectivity index (χ4v) is 5.82. The van der Waals surface area contributed by atoms with E-state index in [0.717, 1.165) is 31.5 Å². The van der Waals surface area contributed by atoms with Gasteiger partial charge in [-0.2, -0.15) is 31.9 Å². The Hall–Kier alpha value is -2.89. The lowest BCUT2D eigenvalue weighted by Crippen LogP contribution is -2.42. The Labute approximate surface area is 213 Å². The summed E-state index contributed by atoms with van der Waals surface area (Å²) in [6.07, 6.45) is 0.287. The summed E-state index contributed by atoms with van der Waals surface area (Å²) in [5.41, 5.74) is 1.28. The number of thioether (sulfide) groups is 1. The number of ether oxygens (including phenoxy) is 1. The largest absolute Gasteiger partial charge is 0.434 e. The predicted molar refractivity (Wildman–Crippen MR) is 127 cm³/mol. The number of benzene rings is 1. The third kappa shape index (κ3) is 5.25. The van der Waals surface area contributed by atoms with Crippen molar-refractivity contribution in [3.8, 4) is 23.2 Å². The molecule has 0 amide bonds. The van der Waals surface area contributed by atoms with Gasteiger partial charge in [-0.1, -0.05) is 0 Å². The monoisotopic (exact) mass is 560 g/mol. The number of halogens is 5. The Morgan fingerprint density at radius 1 is 1.27 bits per heavy atom. The maximum absolute atomic E-state index is 13.1. The smallest absolute Gasteiger partial charge is 0.404 e. The van der Waals surface area contributed by atoms with Crippen LogP contribution in [0.1, 0.15) is 37.8 Å². The number of alkyl halides is 5. The fourth-order valence-electron chi connectivity index (χ4n) is 4.10. The maximum Gasteiger partial charge on any atom is 0.404 e. The van der Waals surface area contributed by atoms with Gasteiger partial charge in [-0.05, 0) is 50.6 Å². The van der Waals surface area contributed by atoms with Gasteiger partial charge in [-0.15, -0.1) is 11.8 Å². The summed E-state index contributed by atoms with van der Waals surface area (Å²) in [6.45, 7) is -2.36. The highest BCUT2D eigenvalue weighted by Crippen LogP contribution is 2.45. The Morgan fingerprint density at radius 2 is 1.97 bits per heavy atom. The summed E-state index contributed by atoms with van der Waals surface area (Å²) in [5, 5.41) is 10.5. The Balaban J connectivity index is 1.85. The highest BCUT2D eigenvalue weighted by molar-refractivity contribution is 7.98. The molecule has 4 rings (SSSR count). The average Bonchev–Trinajstić information content (AvgIpc) is 3.09. The number of pyridine rings is 1. The quantitative estimate of drug-likeness (QED) is 0.274. The van der Waals surface area contributed by atoms with E-state index in [0.29, 0.717) is 28.4 Å². The van der Waals surface area contributed by atoms with Crippen molar-refractivity contribution in [3.63, 3.8) is 0 Å². The molecule has 198 valence electrons. The van der Waals surface area contributed by atoms with Gasteiger partial charge in [0.2, 0.25) is 10.0 Å². The predicted octanol–water partition coefficient (Wildman–Crippen LogP) is 5.85. The van der Waals surface area contributed by atoms with E-state index in [-0.39, 0.29) is 23.0 Å². The molecule has 7 nitrogen and oxygen atoms in total. The molecular formula is C23H21F5N4O3S2. The lowest BCUT2D eigenvalue weighted by atomic mass is 9.92. The van der Waals surface area contributed by atoms with Crippen molar-refractivity contribution in [1.82, 2.24) is 14.3 Å². The number of aromatic nitrogens is 2. The minimum atomic E-state index is -4.77. The van der Waals surface area contributed by atoms with Crippen LogP contribution in [0, 0.1) is 11.3 Å². The first-order chi connectivity index (χ1) is 17.4. The third-order valence-corrected chi connectivity index (χ3v) is 8.45. The highest BCUT2D eigenvalue weighted by atomic mass is 32.2. The first-order valence-corrected chi connectivity index (χ1v) is 13.7. The average molecular weight is 561 g/mol. The minimum Gasteiger partial charge on any atom is -0.434 e. The highest BCUT2D eigenvalue weighted by Gasteiger charge is 2.39. The van der Waals surface area contributed by atoms with Crippen LogP contribution in [0.4, 0.5) is 22.0 Å². The zero-order valence-corrected chi connectivity index (χ0v) is 21.1. The number of fused-ring (bicyclic) bond motifs is 1. The minimum absolute atomic E-state index is 0.0385. The van der Waals surface area contributed by atoms with Crippen molar-refractivity contribution < 1.29 is 35.1 Å². The van der Waals surface area contributed by atoms with Gasteiger partial charge in [0.05, 0.1) is 27.4 Å². The van der Waals surface area contributed by atoms with Crippen LogP contribution in [-0.4, -0.2) is 43.1 Å². The topological polar surface area (TPSA) is 97.0 Å². The lowest BCUT2D eigenvalue weighted by molar-refractivity contribution is -0.147. The second-order valence-corrected chi connectivity index (χ2v) is 11.0. The number of sulfonamides is 1. The van der Waals surface area contributed by atoms with E-state index < -0.39 is 33.7 Å². The normalized spacial score (nSPS) is 15.5. The molecule has 2 aromatic heterocycles. The fraction of sp³-hybridized carbons (Fsp3) is 0.391. The summed E-state index contributed by atoms with van der Waals surface area (Å²) in [5.74, 6) is -0.0385. The summed E-state index contributed by atoms with van der Waals surface area (Å²) in [7, 11) is -4.52. The molecule has 1 N–H and O–H groups in total. The number of nitrogens with zero attached hydrogens (tertiary/aromatic N) is 3. The van der Waals surface area contributed by atoms with E-state index >= 15 is 0 Å². The SMILES string of the molecule is CSc1cc2c(C#N)c(-c3ccc(S(=O)(=O)N[C@@H](C)C(F)(F)F)cn3)n(C3CCC3)c2cc1OC(F)F. The first kappa shape index (κ1) is 27.2. The second kappa shape index (κ2) is 10.1. The van der Waals surface area contributed by atoms with Gasteiger partial charge in [0, 0.05) is 23.7 Å². The van der Waals surface area contributed by atoms with Gasteiger partial charge in [0.1, 0.15) is 22.8 Å². The molecule has 0 bridgehead atoms. The molecule has 14 heteroatoms. The molecule has 1 fully saturated rings. The number of hydrogen-bond acceptors (Lipinski definition) is 6. The van der Waals surface area contributed by atoms with Gasteiger partial charge in [0.15, 0.2) is 0 Å². The Morgan fingerprint density at radius 3 is 2.46 bits per heavy atom. The Bertz CT molecular complexity index is 1460. The molecule has 1 aliphatic rings. The van der Waals surface area contributed by atoms with Gasteiger partial charge in [0.25, 0.3) is 0 Å². The molecule has 37 heavy (non-hydrogen) atoms. The number of rotatable bonds is 8. The molecular weight excluding hydrogens is 539 g/mol. The zero-order chi connectivity index (χ0) is 27.1. The van der Waals surface area contributed by atoms with Crippen molar-refractivity contribution in [2.24, 2.45) is 0 Å². The van der Waals surface area contributed by atoms with Gasteiger partial charge in [-0.3, -0.25) is 4.98 Å². The van der Waals surface area contributed by atoms with E-state index in [1.165, 1.54) is 23.9 Å². The van der Waals surface area contributed by atoms with Gasteiger partial charge >= 0.3 is 12.8 Å².